The predicted octanol–water partition coefficient (Wildman–Crippen LogP) is 4.31. The Labute approximate surface area is 163 Å². The van der Waals surface area contributed by atoms with E-state index in [9.17, 15) is 9.18 Å². The third-order valence-corrected chi connectivity index (χ3v) is 5.48. The predicted molar refractivity (Wildman–Crippen MR) is 106 cm³/mol. The first kappa shape index (κ1) is 19.8. The summed E-state index contributed by atoms with van der Waals surface area (Å²) in [4.78, 5) is 19.0. The van der Waals surface area contributed by atoms with Crippen LogP contribution in [0.1, 0.15) is 38.3 Å². The normalized spacial score (nSPS) is 15.6. The van der Waals surface area contributed by atoms with Gasteiger partial charge in [0.1, 0.15) is 11.6 Å². The van der Waals surface area contributed by atoms with E-state index in [0.717, 1.165) is 31.2 Å². The second kappa shape index (κ2) is 9.80. The van der Waals surface area contributed by atoms with Gasteiger partial charge in [-0.25, -0.2) is 9.37 Å². The first-order chi connectivity index (χ1) is 13.1. The largest absolute Gasteiger partial charge is 0.493 e. The minimum atomic E-state index is -0.330. The molecule has 1 aromatic carbocycles. The van der Waals surface area contributed by atoms with Crippen molar-refractivity contribution in [1.82, 2.24) is 9.88 Å². The van der Waals surface area contributed by atoms with Gasteiger partial charge in [0, 0.05) is 24.4 Å². The minimum absolute atomic E-state index is 0.0782. The molecule has 1 saturated heterocycles. The molecule has 5 nitrogen and oxygen atoms in total. The van der Waals surface area contributed by atoms with Crippen molar-refractivity contribution in [1.29, 1.82) is 0 Å². The number of hydrogen-bond donors (Lipinski definition) is 1. The average molecular weight is 392 g/mol. The van der Waals surface area contributed by atoms with Crippen molar-refractivity contribution < 1.29 is 13.9 Å². The molecule has 0 bridgehead atoms. The standard InChI is InChI=1S/C20H26FN3O2S/c1-15-7-9-24(10-8-15)13-17-14-27-20(22-17)23-19(25)6-3-11-26-18-5-2-4-16(21)12-18/h2,4-5,12,14-15H,3,6-11,13H2,1H3,(H,22,23,25). The van der Waals surface area contributed by atoms with Crippen molar-refractivity contribution in [3.05, 3.63) is 41.2 Å². The molecule has 0 spiro atoms. The molecular formula is C20H26FN3O2S. The van der Waals surface area contributed by atoms with Gasteiger partial charge in [-0.3, -0.25) is 9.69 Å². The van der Waals surface area contributed by atoms with Crippen molar-refractivity contribution >= 4 is 22.4 Å². The van der Waals surface area contributed by atoms with E-state index in [1.54, 1.807) is 12.1 Å². The van der Waals surface area contributed by atoms with Crippen LogP contribution in [0.4, 0.5) is 9.52 Å². The molecule has 2 heterocycles. The number of rotatable bonds is 8. The number of nitrogens with zero attached hydrogens (tertiary/aromatic N) is 2. The zero-order valence-electron chi connectivity index (χ0n) is 15.6. The van der Waals surface area contributed by atoms with Crippen LogP contribution in [-0.4, -0.2) is 35.5 Å². The number of thiazole rings is 1. The van der Waals surface area contributed by atoms with Crippen LogP contribution >= 0.6 is 11.3 Å². The molecule has 7 heteroatoms. The Morgan fingerprint density at radius 3 is 3.00 bits per heavy atom. The highest BCUT2D eigenvalue weighted by molar-refractivity contribution is 7.13. The van der Waals surface area contributed by atoms with E-state index in [1.165, 1.54) is 36.3 Å². The number of nitrogens with one attached hydrogen (secondary N) is 1. The zero-order chi connectivity index (χ0) is 19.1. The SMILES string of the molecule is CC1CCN(Cc2csc(NC(=O)CCCOc3cccc(F)c3)n2)CC1. The summed E-state index contributed by atoms with van der Waals surface area (Å²) in [6.07, 6.45) is 3.39. The second-order valence-corrected chi connectivity index (χ2v) is 7.92. The van der Waals surface area contributed by atoms with Crippen LogP contribution in [0.3, 0.4) is 0 Å². The number of amides is 1. The van der Waals surface area contributed by atoms with Crippen LogP contribution < -0.4 is 10.1 Å². The third-order valence-electron chi connectivity index (χ3n) is 4.67. The molecule has 1 aromatic heterocycles. The molecule has 2 aromatic rings. The van der Waals surface area contributed by atoms with Crippen molar-refractivity contribution in [2.24, 2.45) is 5.92 Å². The van der Waals surface area contributed by atoms with Gasteiger partial charge in [-0.15, -0.1) is 11.3 Å². The Morgan fingerprint density at radius 2 is 2.22 bits per heavy atom. The smallest absolute Gasteiger partial charge is 0.226 e. The summed E-state index contributed by atoms with van der Waals surface area (Å²) in [5, 5.41) is 5.51. The van der Waals surface area contributed by atoms with Gasteiger partial charge in [-0.1, -0.05) is 13.0 Å². The van der Waals surface area contributed by atoms with Gasteiger partial charge in [0.25, 0.3) is 0 Å². The van der Waals surface area contributed by atoms with Crippen LogP contribution in [0, 0.1) is 11.7 Å². The van der Waals surface area contributed by atoms with Gasteiger partial charge in [-0.05, 0) is 50.4 Å². The highest BCUT2D eigenvalue weighted by Crippen LogP contribution is 2.21. The first-order valence-corrected chi connectivity index (χ1v) is 10.3. The molecular weight excluding hydrogens is 365 g/mol. The topological polar surface area (TPSA) is 54.5 Å². The summed E-state index contributed by atoms with van der Waals surface area (Å²) < 4.78 is 18.5. The molecule has 1 amide bonds. The van der Waals surface area contributed by atoms with Crippen molar-refractivity contribution in [3.8, 4) is 5.75 Å². The monoisotopic (exact) mass is 391 g/mol. The average Bonchev–Trinajstić information content (AvgIpc) is 3.07. The maximum atomic E-state index is 13.1. The number of anilines is 1. The van der Waals surface area contributed by atoms with Crippen molar-refractivity contribution in [2.45, 2.75) is 39.2 Å². The molecule has 1 fully saturated rings. The number of halogens is 1. The molecule has 1 aliphatic rings. The van der Waals surface area contributed by atoms with Gasteiger partial charge in [0.15, 0.2) is 5.13 Å². The van der Waals surface area contributed by atoms with Crippen LogP contribution in [0.2, 0.25) is 0 Å². The lowest BCUT2D eigenvalue weighted by Gasteiger charge is -2.29. The highest BCUT2D eigenvalue weighted by atomic mass is 32.1. The maximum Gasteiger partial charge on any atom is 0.226 e. The number of benzene rings is 1. The number of hydrogen-bond acceptors (Lipinski definition) is 5. The zero-order valence-corrected chi connectivity index (χ0v) is 16.4. The summed E-state index contributed by atoms with van der Waals surface area (Å²) in [7, 11) is 0. The Kier molecular flexibility index (Phi) is 7.18. The number of ether oxygens (including phenoxy) is 1. The van der Waals surface area contributed by atoms with Crippen LogP contribution in [-0.2, 0) is 11.3 Å². The lowest BCUT2D eigenvalue weighted by Crippen LogP contribution is -2.32. The molecule has 0 aliphatic carbocycles. The number of carbonyl (C=O) groups is 1. The first-order valence-electron chi connectivity index (χ1n) is 9.43. The Hall–Kier alpha value is -1.99. The fraction of sp³-hybridized carbons (Fsp3) is 0.500. The number of carbonyl (C=O) groups excluding carboxylic acids is 1. The molecule has 3 rings (SSSR count). The lowest BCUT2D eigenvalue weighted by atomic mass is 9.99. The number of piperidine rings is 1. The quantitative estimate of drug-likeness (QED) is 0.681. The van der Waals surface area contributed by atoms with E-state index in [4.69, 9.17) is 4.74 Å². The van der Waals surface area contributed by atoms with E-state index in [0.29, 0.717) is 30.3 Å². The number of aromatic nitrogens is 1. The minimum Gasteiger partial charge on any atom is -0.493 e. The highest BCUT2D eigenvalue weighted by Gasteiger charge is 2.17. The summed E-state index contributed by atoms with van der Waals surface area (Å²) in [5.41, 5.74) is 1.01. The van der Waals surface area contributed by atoms with E-state index in [-0.39, 0.29) is 11.7 Å². The van der Waals surface area contributed by atoms with E-state index in [2.05, 4.69) is 22.1 Å². The fourth-order valence-corrected chi connectivity index (χ4v) is 3.77. The van der Waals surface area contributed by atoms with Gasteiger partial charge in [0.05, 0.1) is 12.3 Å². The number of likely N-dealkylation sites (tertiary alicyclic amines) is 1. The summed E-state index contributed by atoms with van der Waals surface area (Å²) >= 11 is 1.46. The molecule has 27 heavy (non-hydrogen) atoms. The lowest BCUT2D eigenvalue weighted by molar-refractivity contribution is -0.116. The van der Waals surface area contributed by atoms with Crippen molar-refractivity contribution in [2.75, 3.05) is 25.0 Å². The van der Waals surface area contributed by atoms with Gasteiger partial charge in [0.2, 0.25) is 5.91 Å². The van der Waals surface area contributed by atoms with Crippen LogP contribution in [0.25, 0.3) is 0 Å². The molecule has 146 valence electrons. The van der Waals surface area contributed by atoms with Crippen molar-refractivity contribution in [3.63, 3.8) is 0 Å². The Morgan fingerprint density at radius 1 is 1.41 bits per heavy atom. The van der Waals surface area contributed by atoms with Gasteiger partial charge >= 0.3 is 0 Å². The maximum absolute atomic E-state index is 13.1. The van der Waals surface area contributed by atoms with Crippen LogP contribution in [0.5, 0.6) is 5.75 Å². The molecule has 1 aliphatic heterocycles. The molecule has 0 atom stereocenters. The summed E-state index contributed by atoms with van der Waals surface area (Å²) in [6.45, 7) is 5.75. The Balaban J connectivity index is 1.35. The van der Waals surface area contributed by atoms with Crippen LogP contribution in [0.15, 0.2) is 29.6 Å². The Bertz CT molecular complexity index is 744. The third kappa shape index (κ3) is 6.59. The molecule has 0 radical (unpaired) electrons. The van der Waals surface area contributed by atoms with Gasteiger partial charge < -0.3 is 10.1 Å². The van der Waals surface area contributed by atoms with E-state index >= 15 is 0 Å². The summed E-state index contributed by atoms with van der Waals surface area (Å²) in [5.74, 6) is 0.887. The van der Waals surface area contributed by atoms with E-state index < -0.39 is 0 Å². The molecule has 0 saturated carbocycles. The fourth-order valence-electron chi connectivity index (χ4n) is 3.05. The van der Waals surface area contributed by atoms with Gasteiger partial charge in [-0.2, -0.15) is 0 Å². The van der Waals surface area contributed by atoms with E-state index in [1.807, 2.05) is 5.38 Å². The molecule has 0 unspecified atom stereocenters. The molecule has 1 N–H and O–H groups in total. The second-order valence-electron chi connectivity index (χ2n) is 7.06. The summed E-state index contributed by atoms with van der Waals surface area (Å²) in [6, 6.07) is 6.00.